The zero-order valence-electron chi connectivity index (χ0n) is 10.3. The lowest BCUT2D eigenvalue weighted by Crippen LogP contribution is -1.99. The summed E-state index contributed by atoms with van der Waals surface area (Å²) in [4.78, 5) is 10.9. The largest absolute Gasteiger partial charge is 0.504 e. The lowest BCUT2D eigenvalue weighted by Gasteiger charge is -2.08. The molecule has 3 rings (SSSR count). The van der Waals surface area contributed by atoms with Gasteiger partial charge in [0.25, 0.3) is 0 Å². The van der Waals surface area contributed by atoms with Crippen molar-refractivity contribution in [2.24, 2.45) is 7.05 Å². The highest BCUT2D eigenvalue weighted by Crippen LogP contribution is 2.45. The monoisotopic (exact) mass is 280 g/mol. The van der Waals surface area contributed by atoms with E-state index in [0.29, 0.717) is 0 Å². The standard InChI is InChI=1S/C12H9FN2O5/c1-15-7(3-6(14-15)12(17)18)5-2-8-11(20-4-19-8)9(13)10(5)16/h2-3,16H,4H2,1H3,(H,17,18). The highest BCUT2D eigenvalue weighted by molar-refractivity contribution is 5.87. The molecule has 0 fully saturated rings. The van der Waals surface area contributed by atoms with Gasteiger partial charge < -0.3 is 19.7 Å². The second-order valence-corrected chi connectivity index (χ2v) is 4.16. The molecule has 0 bridgehead atoms. The van der Waals surface area contributed by atoms with E-state index in [-0.39, 0.29) is 35.2 Å². The summed E-state index contributed by atoms with van der Waals surface area (Å²) in [5.41, 5.74) is 0.117. The third kappa shape index (κ3) is 1.65. The summed E-state index contributed by atoms with van der Waals surface area (Å²) in [7, 11) is 1.49. The first-order valence-corrected chi connectivity index (χ1v) is 5.58. The molecule has 0 unspecified atom stereocenters. The normalized spacial score (nSPS) is 12.7. The summed E-state index contributed by atoms with van der Waals surface area (Å²) < 4.78 is 25.2. The molecule has 1 aliphatic heterocycles. The van der Waals surface area contributed by atoms with Crippen LogP contribution < -0.4 is 9.47 Å². The van der Waals surface area contributed by atoms with Gasteiger partial charge in [-0.05, 0) is 12.1 Å². The van der Waals surface area contributed by atoms with Gasteiger partial charge in [-0.3, -0.25) is 4.68 Å². The molecular formula is C12H9FN2O5. The molecule has 2 heterocycles. The Morgan fingerprint density at radius 3 is 2.85 bits per heavy atom. The number of hydrogen-bond acceptors (Lipinski definition) is 5. The molecule has 1 aromatic carbocycles. The van der Waals surface area contributed by atoms with Crippen LogP contribution in [-0.4, -0.2) is 32.8 Å². The Morgan fingerprint density at radius 2 is 2.20 bits per heavy atom. The lowest BCUT2D eigenvalue weighted by molar-refractivity contribution is 0.0689. The highest BCUT2D eigenvalue weighted by atomic mass is 19.1. The van der Waals surface area contributed by atoms with Gasteiger partial charge in [0.2, 0.25) is 18.4 Å². The number of aromatic hydroxyl groups is 1. The number of rotatable bonds is 2. The number of aryl methyl sites for hydroxylation is 1. The Bertz CT molecular complexity index is 725. The fourth-order valence-corrected chi connectivity index (χ4v) is 2.01. The average Bonchev–Trinajstić information content (AvgIpc) is 3.00. The Hall–Kier alpha value is -2.77. The molecule has 0 spiro atoms. The smallest absolute Gasteiger partial charge is 0.356 e. The molecule has 0 aliphatic carbocycles. The van der Waals surface area contributed by atoms with Crippen LogP contribution >= 0.6 is 0 Å². The third-order valence-electron chi connectivity index (χ3n) is 2.95. The van der Waals surface area contributed by atoms with Crippen molar-refractivity contribution in [1.82, 2.24) is 9.78 Å². The highest BCUT2D eigenvalue weighted by Gasteiger charge is 2.27. The van der Waals surface area contributed by atoms with Gasteiger partial charge >= 0.3 is 5.97 Å². The van der Waals surface area contributed by atoms with Crippen molar-refractivity contribution < 1.29 is 28.9 Å². The number of fused-ring (bicyclic) bond motifs is 1. The number of aromatic nitrogens is 2. The predicted octanol–water partition coefficient (Wildman–Crippen LogP) is 1.36. The predicted molar refractivity (Wildman–Crippen MR) is 63.3 cm³/mol. The van der Waals surface area contributed by atoms with Crippen molar-refractivity contribution in [3.05, 3.63) is 23.6 Å². The second-order valence-electron chi connectivity index (χ2n) is 4.16. The van der Waals surface area contributed by atoms with Gasteiger partial charge in [0.05, 0.1) is 5.69 Å². The quantitative estimate of drug-likeness (QED) is 0.862. The topological polar surface area (TPSA) is 93.8 Å². The maximum atomic E-state index is 13.9. The number of carboxylic acids is 1. The van der Waals surface area contributed by atoms with Gasteiger partial charge in [-0.1, -0.05) is 0 Å². The molecule has 0 amide bonds. The van der Waals surface area contributed by atoms with E-state index >= 15 is 0 Å². The maximum absolute atomic E-state index is 13.9. The zero-order chi connectivity index (χ0) is 14.4. The van der Waals surface area contributed by atoms with E-state index in [2.05, 4.69) is 5.10 Å². The number of carbonyl (C=O) groups is 1. The van der Waals surface area contributed by atoms with Crippen LogP contribution in [0.4, 0.5) is 4.39 Å². The number of aromatic carboxylic acids is 1. The number of phenolic OH excluding ortho intramolecular Hbond substituents is 1. The molecule has 0 saturated heterocycles. The fourth-order valence-electron chi connectivity index (χ4n) is 2.01. The number of phenols is 1. The maximum Gasteiger partial charge on any atom is 0.356 e. The van der Waals surface area contributed by atoms with Crippen LogP contribution in [0.5, 0.6) is 17.2 Å². The molecule has 2 N–H and O–H groups in total. The van der Waals surface area contributed by atoms with Crippen molar-refractivity contribution in [3.8, 4) is 28.5 Å². The fraction of sp³-hybridized carbons (Fsp3) is 0.167. The minimum atomic E-state index is -1.22. The van der Waals surface area contributed by atoms with Gasteiger partial charge in [-0.15, -0.1) is 0 Å². The molecule has 2 aromatic rings. The van der Waals surface area contributed by atoms with Gasteiger partial charge in [0, 0.05) is 12.6 Å². The minimum Gasteiger partial charge on any atom is -0.504 e. The first-order valence-electron chi connectivity index (χ1n) is 5.58. The first-order chi connectivity index (χ1) is 9.49. The molecule has 0 saturated carbocycles. The van der Waals surface area contributed by atoms with E-state index in [1.807, 2.05) is 0 Å². The number of benzene rings is 1. The first kappa shape index (κ1) is 12.3. The summed E-state index contributed by atoms with van der Waals surface area (Å²) in [5, 5.41) is 22.5. The van der Waals surface area contributed by atoms with Gasteiger partial charge in [-0.25, -0.2) is 4.79 Å². The summed E-state index contributed by atoms with van der Waals surface area (Å²) in [6, 6.07) is 2.61. The van der Waals surface area contributed by atoms with Crippen LogP contribution in [0.25, 0.3) is 11.3 Å². The van der Waals surface area contributed by atoms with Crippen molar-refractivity contribution in [2.45, 2.75) is 0 Å². The van der Waals surface area contributed by atoms with E-state index < -0.39 is 17.5 Å². The Kier molecular flexibility index (Phi) is 2.53. The molecule has 7 nitrogen and oxygen atoms in total. The molecule has 8 heteroatoms. The second kappa shape index (κ2) is 4.12. The van der Waals surface area contributed by atoms with Crippen LogP contribution in [-0.2, 0) is 7.05 Å². The summed E-state index contributed by atoms with van der Waals surface area (Å²) in [6.07, 6.45) is 0. The Labute approximate surface area is 111 Å². The molecule has 0 radical (unpaired) electrons. The van der Waals surface area contributed by atoms with Gasteiger partial charge in [0.15, 0.2) is 17.2 Å². The summed E-state index contributed by atoms with van der Waals surface area (Å²) in [5.74, 6) is -2.82. The van der Waals surface area contributed by atoms with Crippen LogP contribution in [0.3, 0.4) is 0 Å². The molecule has 20 heavy (non-hydrogen) atoms. The number of halogens is 1. The third-order valence-corrected chi connectivity index (χ3v) is 2.95. The lowest BCUT2D eigenvalue weighted by atomic mass is 10.1. The minimum absolute atomic E-state index is 0.0780. The van der Waals surface area contributed by atoms with E-state index in [1.165, 1.54) is 23.9 Å². The molecule has 1 aromatic heterocycles. The van der Waals surface area contributed by atoms with Gasteiger partial charge in [-0.2, -0.15) is 9.49 Å². The molecule has 0 atom stereocenters. The number of ether oxygens (including phenoxy) is 2. The number of nitrogens with zero attached hydrogens (tertiary/aromatic N) is 2. The van der Waals surface area contributed by atoms with Crippen molar-refractivity contribution in [2.75, 3.05) is 6.79 Å². The molecule has 104 valence electrons. The van der Waals surface area contributed by atoms with E-state index in [9.17, 15) is 14.3 Å². The summed E-state index contributed by atoms with van der Waals surface area (Å²) in [6.45, 7) is -0.138. The SMILES string of the molecule is Cn1nc(C(=O)O)cc1-c1cc2c(c(F)c1O)OCO2. The van der Waals surface area contributed by atoms with E-state index in [1.54, 1.807) is 0 Å². The molecular weight excluding hydrogens is 271 g/mol. The Morgan fingerprint density at radius 1 is 1.45 bits per heavy atom. The van der Waals surface area contributed by atoms with Crippen LogP contribution in [0.2, 0.25) is 0 Å². The van der Waals surface area contributed by atoms with Crippen LogP contribution in [0.1, 0.15) is 10.5 Å². The van der Waals surface area contributed by atoms with E-state index in [4.69, 9.17) is 14.6 Å². The summed E-state index contributed by atoms with van der Waals surface area (Å²) >= 11 is 0. The average molecular weight is 280 g/mol. The van der Waals surface area contributed by atoms with Crippen molar-refractivity contribution >= 4 is 5.97 Å². The van der Waals surface area contributed by atoms with Gasteiger partial charge in [0.1, 0.15) is 0 Å². The molecule has 1 aliphatic rings. The zero-order valence-corrected chi connectivity index (χ0v) is 10.3. The van der Waals surface area contributed by atoms with Crippen LogP contribution in [0.15, 0.2) is 12.1 Å². The van der Waals surface area contributed by atoms with Crippen molar-refractivity contribution in [3.63, 3.8) is 0 Å². The van der Waals surface area contributed by atoms with E-state index in [0.717, 1.165) is 0 Å². The van der Waals surface area contributed by atoms with Crippen LogP contribution in [0, 0.1) is 5.82 Å². The number of hydrogen-bond donors (Lipinski definition) is 2. The number of carboxylic acid groups (broad SMARTS) is 1. The van der Waals surface area contributed by atoms with Crippen molar-refractivity contribution in [1.29, 1.82) is 0 Å². The Balaban J connectivity index is 2.20.